The van der Waals surface area contributed by atoms with Gasteiger partial charge >= 0.3 is 12.0 Å². The Morgan fingerprint density at radius 3 is 1.95 bits per heavy atom. The third kappa shape index (κ3) is 4.09. The van der Waals surface area contributed by atoms with Crippen LogP contribution in [0.4, 0.5) is 4.79 Å². The number of nitrogens with one attached hydrogen (secondary N) is 1. The van der Waals surface area contributed by atoms with Crippen LogP contribution in [0.25, 0.3) is 0 Å². The van der Waals surface area contributed by atoms with Crippen molar-refractivity contribution in [2.24, 2.45) is 0 Å². The lowest BCUT2D eigenvalue weighted by Crippen LogP contribution is -2.57. The van der Waals surface area contributed by atoms with Gasteiger partial charge in [-0.25, -0.2) is 9.59 Å². The summed E-state index contributed by atoms with van der Waals surface area (Å²) in [6.45, 7) is 4.30. The van der Waals surface area contributed by atoms with Gasteiger partial charge in [0.05, 0.1) is 6.10 Å². The molecule has 1 saturated heterocycles. The first-order valence-electron chi connectivity index (χ1n) is 6.04. The van der Waals surface area contributed by atoms with Crippen molar-refractivity contribution < 1.29 is 24.6 Å². The molecule has 1 fully saturated rings. The van der Waals surface area contributed by atoms with Gasteiger partial charge in [0.2, 0.25) is 5.91 Å². The van der Waals surface area contributed by atoms with Crippen LogP contribution in [0, 0.1) is 0 Å². The Bertz CT molecular complexity index is 363. The minimum Gasteiger partial charge on any atom is -0.480 e. The number of aliphatic hydroxyl groups is 1. The molecule has 0 aromatic heterocycles. The Hall–Kier alpha value is -1.83. The zero-order chi connectivity index (χ0) is 14.6. The van der Waals surface area contributed by atoms with Crippen molar-refractivity contribution in [2.45, 2.75) is 26.0 Å². The number of amides is 3. The Morgan fingerprint density at radius 2 is 1.58 bits per heavy atom. The van der Waals surface area contributed by atoms with E-state index in [9.17, 15) is 19.5 Å². The van der Waals surface area contributed by atoms with Gasteiger partial charge in [0.25, 0.3) is 0 Å². The Balaban J connectivity index is 2.51. The number of nitrogens with zero attached hydrogens (tertiary/aromatic N) is 2. The number of rotatable bonds is 3. The lowest BCUT2D eigenvalue weighted by Gasteiger charge is -2.34. The second kappa shape index (κ2) is 6.37. The van der Waals surface area contributed by atoms with Gasteiger partial charge in [-0.15, -0.1) is 0 Å². The molecular weight excluding hydrogens is 254 g/mol. The first kappa shape index (κ1) is 15.2. The molecule has 8 heteroatoms. The number of aliphatic carboxylic acids is 1. The molecule has 2 atom stereocenters. The Morgan fingerprint density at radius 1 is 1.11 bits per heavy atom. The summed E-state index contributed by atoms with van der Waals surface area (Å²) >= 11 is 0. The van der Waals surface area contributed by atoms with Crippen molar-refractivity contribution in [3.8, 4) is 0 Å². The number of piperazine rings is 1. The molecule has 0 spiro atoms. The molecule has 19 heavy (non-hydrogen) atoms. The van der Waals surface area contributed by atoms with E-state index >= 15 is 0 Å². The maximum atomic E-state index is 11.8. The molecule has 0 bridgehead atoms. The molecule has 2 unspecified atom stereocenters. The largest absolute Gasteiger partial charge is 0.480 e. The summed E-state index contributed by atoms with van der Waals surface area (Å²) in [5.41, 5.74) is 0. The van der Waals surface area contributed by atoms with Crippen molar-refractivity contribution in [3.05, 3.63) is 0 Å². The number of hydrogen-bond acceptors (Lipinski definition) is 4. The van der Waals surface area contributed by atoms with Crippen LogP contribution in [0.3, 0.4) is 0 Å². The van der Waals surface area contributed by atoms with Gasteiger partial charge in [-0.05, 0) is 6.92 Å². The minimum absolute atomic E-state index is 0.0487. The molecule has 1 aliphatic heterocycles. The van der Waals surface area contributed by atoms with Gasteiger partial charge in [0, 0.05) is 33.1 Å². The highest BCUT2D eigenvalue weighted by Gasteiger charge is 2.29. The predicted molar refractivity (Wildman–Crippen MR) is 65.5 cm³/mol. The fourth-order valence-corrected chi connectivity index (χ4v) is 1.84. The van der Waals surface area contributed by atoms with Gasteiger partial charge < -0.3 is 25.3 Å². The van der Waals surface area contributed by atoms with Gasteiger partial charge in [-0.2, -0.15) is 0 Å². The summed E-state index contributed by atoms with van der Waals surface area (Å²) in [7, 11) is 0. The molecule has 0 saturated carbocycles. The van der Waals surface area contributed by atoms with Gasteiger partial charge in [0.15, 0.2) is 6.04 Å². The van der Waals surface area contributed by atoms with Crippen LogP contribution in [-0.2, 0) is 9.59 Å². The SMILES string of the molecule is CC(=O)N1CCN(C(=O)NC(C(=O)O)C(C)O)CC1. The zero-order valence-corrected chi connectivity index (χ0v) is 11.0. The second-order valence-corrected chi connectivity index (χ2v) is 4.50. The van der Waals surface area contributed by atoms with E-state index in [2.05, 4.69) is 5.32 Å². The Labute approximate surface area is 111 Å². The van der Waals surface area contributed by atoms with Crippen molar-refractivity contribution in [2.75, 3.05) is 26.2 Å². The van der Waals surface area contributed by atoms with E-state index in [4.69, 9.17) is 5.11 Å². The number of aliphatic hydroxyl groups excluding tert-OH is 1. The molecule has 0 aliphatic carbocycles. The molecule has 0 aromatic rings. The normalized spacial score (nSPS) is 18.7. The highest BCUT2D eigenvalue weighted by atomic mass is 16.4. The molecule has 1 aliphatic rings. The summed E-state index contributed by atoms with van der Waals surface area (Å²) in [6.07, 6.45) is -1.18. The van der Waals surface area contributed by atoms with E-state index in [1.165, 1.54) is 18.7 Å². The molecule has 0 radical (unpaired) electrons. The first-order valence-corrected chi connectivity index (χ1v) is 6.04. The number of hydrogen-bond donors (Lipinski definition) is 3. The van der Waals surface area contributed by atoms with Gasteiger partial charge in [-0.1, -0.05) is 0 Å². The smallest absolute Gasteiger partial charge is 0.328 e. The second-order valence-electron chi connectivity index (χ2n) is 4.50. The molecule has 3 amide bonds. The monoisotopic (exact) mass is 273 g/mol. The molecule has 0 aromatic carbocycles. The van der Waals surface area contributed by atoms with Crippen LogP contribution in [0.2, 0.25) is 0 Å². The maximum absolute atomic E-state index is 11.8. The minimum atomic E-state index is -1.33. The van der Waals surface area contributed by atoms with Crippen LogP contribution in [0.5, 0.6) is 0 Å². The summed E-state index contributed by atoms with van der Waals surface area (Å²) in [6, 6.07) is -1.88. The first-order chi connectivity index (χ1) is 8.82. The van der Waals surface area contributed by atoms with Crippen LogP contribution in [-0.4, -0.2) is 76.2 Å². The van der Waals surface area contributed by atoms with Gasteiger partial charge in [0.1, 0.15) is 0 Å². The van der Waals surface area contributed by atoms with E-state index in [-0.39, 0.29) is 5.91 Å². The Kier molecular flexibility index (Phi) is 5.11. The quantitative estimate of drug-likeness (QED) is 0.591. The maximum Gasteiger partial charge on any atom is 0.328 e. The van der Waals surface area contributed by atoms with Crippen molar-refractivity contribution in [3.63, 3.8) is 0 Å². The average Bonchev–Trinajstić information content (AvgIpc) is 2.34. The van der Waals surface area contributed by atoms with Crippen LogP contribution in [0.15, 0.2) is 0 Å². The highest BCUT2D eigenvalue weighted by molar-refractivity contribution is 5.83. The van der Waals surface area contributed by atoms with Crippen molar-refractivity contribution in [1.82, 2.24) is 15.1 Å². The summed E-state index contributed by atoms with van der Waals surface area (Å²) in [5, 5.41) is 20.4. The van der Waals surface area contributed by atoms with Crippen molar-refractivity contribution >= 4 is 17.9 Å². The molecular formula is C11H19N3O5. The molecule has 108 valence electrons. The third-order valence-corrected chi connectivity index (χ3v) is 3.04. The van der Waals surface area contributed by atoms with Crippen molar-refractivity contribution in [1.29, 1.82) is 0 Å². The van der Waals surface area contributed by atoms with E-state index in [0.717, 1.165) is 0 Å². The van der Waals surface area contributed by atoms with E-state index in [1.807, 2.05) is 0 Å². The number of carbonyl (C=O) groups excluding carboxylic acids is 2. The van der Waals surface area contributed by atoms with Gasteiger partial charge in [-0.3, -0.25) is 4.79 Å². The summed E-state index contributed by atoms with van der Waals surface area (Å²) in [4.78, 5) is 36.9. The van der Waals surface area contributed by atoms with E-state index in [1.54, 1.807) is 4.90 Å². The number of carboxylic acids is 1. The molecule has 8 nitrogen and oxygen atoms in total. The molecule has 1 heterocycles. The number of urea groups is 1. The average molecular weight is 273 g/mol. The standard InChI is InChI=1S/C11H19N3O5/c1-7(15)9(10(17)18)12-11(19)14-5-3-13(4-6-14)8(2)16/h7,9,15H,3-6H2,1-2H3,(H,12,19)(H,17,18). The molecule has 3 N–H and O–H groups in total. The van der Waals surface area contributed by atoms with Crippen LogP contribution < -0.4 is 5.32 Å². The number of carboxylic acid groups (broad SMARTS) is 1. The topological polar surface area (TPSA) is 110 Å². The third-order valence-electron chi connectivity index (χ3n) is 3.04. The molecule has 1 rings (SSSR count). The van der Waals surface area contributed by atoms with Crippen LogP contribution in [0.1, 0.15) is 13.8 Å². The highest BCUT2D eigenvalue weighted by Crippen LogP contribution is 2.03. The number of carbonyl (C=O) groups is 3. The van der Waals surface area contributed by atoms with E-state index < -0.39 is 24.1 Å². The lowest BCUT2D eigenvalue weighted by molar-refractivity contribution is -0.141. The summed E-state index contributed by atoms with van der Waals surface area (Å²) < 4.78 is 0. The summed E-state index contributed by atoms with van der Waals surface area (Å²) in [5.74, 6) is -1.34. The zero-order valence-electron chi connectivity index (χ0n) is 11.0. The lowest BCUT2D eigenvalue weighted by atomic mass is 10.2. The predicted octanol–water partition coefficient (Wildman–Crippen LogP) is -1.31. The van der Waals surface area contributed by atoms with Crippen LogP contribution >= 0.6 is 0 Å². The van der Waals surface area contributed by atoms with E-state index in [0.29, 0.717) is 26.2 Å². The fourth-order valence-electron chi connectivity index (χ4n) is 1.84. The fraction of sp³-hybridized carbons (Fsp3) is 0.727.